The lowest BCUT2D eigenvalue weighted by molar-refractivity contribution is -0.0987. The van der Waals surface area contributed by atoms with E-state index >= 15 is 0 Å². The molecule has 2 atom stereocenters. The maximum Gasteiger partial charge on any atom is 0.0834 e. The molecule has 0 saturated heterocycles. The van der Waals surface area contributed by atoms with E-state index in [9.17, 15) is 0 Å². The van der Waals surface area contributed by atoms with Crippen LogP contribution in [0.3, 0.4) is 0 Å². The van der Waals surface area contributed by atoms with E-state index in [1.807, 2.05) is 0 Å². The van der Waals surface area contributed by atoms with E-state index in [0.717, 1.165) is 18.4 Å². The highest BCUT2D eigenvalue weighted by Crippen LogP contribution is 2.39. The zero-order chi connectivity index (χ0) is 13.6. The van der Waals surface area contributed by atoms with Gasteiger partial charge in [0.05, 0.1) is 5.60 Å². The van der Waals surface area contributed by atoms with Crippen molar-refractivity contribution in [3.05, 3.63) is 0 Å². The van der Waals surface area contributed by atoms with Gasteiger partial charge in [0, 0.05) is 12.6 Å². The molecule has 0 radical (unpaired) electrons. The molecule has 0 aromatic carbocycles. The van der Waals surface area contributed by atoms with Crippen molar-refractivity contribution in [1.29, 1.82) is 0 Å². The number of ether oxygens (including phenoxy) is 1. The standard InChI is InChI=1S/C16H33NO/c1-6-13(3)12-15(17-5)16(18-7-2)10-8-14(4)9-11-16/h13-15,17H,6-12H2,1-5H3. The molecule has 2 nitrogen and oxygen atoms in total. The molecule has 0 bridgehead atoms. The van der Waals surface area contributed by atoms with Gasteiger partial charge in [0.25, 0.3) is 0 Å². The van der Waals surface area contributed by atoms with Crippen LogP contribution < -0.4 is 5.32 Å². The van der Waals surface area contributed by atoms with Gasteiger partial charge in [-0.25, -0.2) is 0 Å². The minimum atomic E-state index is 0.0967. The molecule has 2 heteroatoms. The average molecular weight is 255 g/mol. The Morgan fingerprint density at radius 1 is 1.28 bits per heavy atom. The van der Waals surface area contributed by atoms with Crippen molar-refractivity contribution in [3.63, 3.8) is 0 Å². The maximum atomic E-state index is 6.25. The second kappa shape index (κ2) is 7.49. The zero-order valence-corrected chi connectivity index (χ0v) is 13.1. The monoisotopic (exact) mass is 255 g/mol. The highest BCUT2D eigenvalue weighted by atomic mass is 16.5. The normalized spacial score (nSPS) is 32.2. The minimum Gasteiger partial charge on any atom is -0.374 e. The lowest BCUT2D eigenvalue weighted by Crippen LogP contribution is -2.54. The first-order chi connectivity index (χ1) is 8.57. The van der Waals surface area contributed by atoms with Crippen LogP contribution in [-0.2, 0) is 4.74 Å². The zero-order valence-electron chi connectivity index (χ0n) is 13.1. The van der Waals surface area contributed by atoms with Gasteiger partial charge in [0.15, 0.2) is 0 Å². The largest absolute Gasteiger partial charge is 0.374 e. The number of hydrogen-bond donors (Lipinski definition) is 1. The first-order valence-electron chi connectivity index (χ1n) is 7.89. The molecule has 0 spiro atoms. The second-order valence-corrected chi connectivity index (χ2v) is 6.27. The SMILES string of the molecule is CCOC1(C(CC(C)CC)NC)CCC(C)CC1. The molecule has 2 unspecified atom stereocenters. The molecular formula is C16H33NO. The number of likely N-dealkylation sites (N-methyl/N-ethyl adjacent to an activating group) is 1. The van der Waals surface area contributed by atoms with Gasteiger partial charge in [0.2, 0.25) is 0 Å². The molecule has 0 heterocycles. The molecule has 1 saturated carbocycles. The molecule has 0 aromatic rings. The summed E-state index contributed by atoms with van der Waals surface area (Å²) in [5.74, 6) is 1.65. The lowest BCUT2D eigenvalue weighted by Gasteiger charge is -2.45. The molecule has 0 aromatic heterocycles. The molecule has 0 amide bonds. The van der Waals surface area contributed by atoms with E-state index in [4.69, 9.17) is 4.74 Å². The van der Waals surface area contributed by atoms with Crippen molar-refractivity contribution < 1.29 is 4.74 Å². The van der Waals surface area contributed by atoms with E-state index in [1.165, 1.54) is 38.5 Å². The van der Waals surface area contributed by atoms with Gasteiger partial charge in [0.1, 0.15) is 0 Å². The maximum absolute atomic E-state index is 6.25. The predicted molar refractivity (Wildman–Crippen MR) is 78.9 cm³/mol. The predicted octanol–water partition coefficient (Wildman–Crippen LogP) is 4.00. The Bertz CT molecular complexity index is 221. The fraction of sp³-hybridized carbons (Fsp3) is 1.00. The number of rotatable bonds is 7. The van der Waals surface area contributed by atoms with Crippen molar-refractivity contribution in [1.82, 2.24) is 5.32 Å². The van der Waals surface area contributed by atoms with Crippen LogP contribution in [0.25, 0.3) is 0 Å². The van der Waals surface area contributed by atoms with E-state index in [2.05, 4.69) is 40.1 Å². The van der Waals surface area contributed by atoms with Crippen molar-refractivity contribution in [2.75, 3.05) is 13.7 Å². The second-order valence-electron chi connectivity index (χ2n) is 6.27. The van der Waals surface area contributed by atoms with Gasteiger partial charge in [-0.2, -0.15) is 0 Å². The van der Waals surface area contributed by atoms with Gasteiger partial charge in [-0.3, -0.25) is 0 Å². The Kier molecular flexibility index (Phi) is 6.65. The lowest BCUT2D eigenvalue weighted by atomic mass is 9.73. The molecule has 0 aliphatic heterocycles. The summed E-state index contributed by atoms with van der Waals surface area (Å²) >= 11 is 0. The van der Waals surface area contributed by atoms with Crippen LogP contribution >= 0.6 is 0 Å². The van der Waals surface area contributed by atoms with Crippen molar-refractivity contribution in [2.45, 2.75) is 77.9 Å². The van der Waals surface area contributed by atoms with Gasteiger partial charge in [-0.05, 0) is 57.9 Å². The molecule has 1 rings (SSSR count). The van der Waals surface area contributed by atoms with E-state index in [1.54, 1.807) is 0 Å². The number of hydrogen-bond acceptors (Lipinski definition) is 2. The summed E-state index contributed by atoms with van der Waals surface area (Å²) in [7, 11) is 2.10. The molecule has 18 heavy (non-hydrogen) atoms. The summed E-state index contributed by atoms with van der Waals surface area (Å²) in [6.45, 7) is 9.99. The Balaban J connectivity index is 2.73. The summed E-state index contributed by atoms with van der Waals surface area (Å²) in [6.07, 6.45) is 7.59. The van der Waals surface area contributed by atoms with Crippen LogP contribution in [-0.4, -0.2) is 25.3 Å². The first kappa shape index (κ1) is 16.0. The summed E-state index contributed by atoms with van der Waals surface area (Å²) < 4.78 is 6.25. The van der Waals surface area contributed by atoms with Crippen molar-refractivity contribution in [2.24, 2.45) is 11.8 Å². The Morgan fingerprint density at radius 2 is 1.89 bits per heavy atom. The van der Waals surface area contributed by atoms with Crippen LogP contribution in [0.15, 0.2) is 0 Å². The summed E-state index contributed by atoms with van der Waals surface area (Å²) in [5, 5.41) is 3.55. The number of nitrogens with one attached hydrogen (secondary N) is 1. The van der Waals surface area contributed by atoms with Gasteiger partial charge in [-0.15, -0.1) is 0 Å². The molecule has 1 N–H and O–H groups in total. The fourth-order valence-corrected chi connectivity index (χ4v) is 3.30. The molecule has 1 aliphatic carbocycles. The van der Waals surface area contributed by atoms with E-state index < -0.39 is 0 Å². The highest BCUT2D eigenvalue weighted by Gasteiger charge is 2.41. The Hall–Kier alpha value is -0.0800. The van der Waals surface area contributed by atoms with Crippen molar-refractivity contribution in [3.8, 4) is 0 Å². The molecule has 1 fully saturated rings. The summed E-state index contributed by atoms with van der Waals surface area (Å²) in [4.78, 5) is 0. The Labute approximate surface area is 114 Å². The molecule has 108 valence electrons. The van der Waals surface area contributed by atoms with Crippen LogP contribution in [0.4, 0.5) is 0 Å². The Morgan fingerprint density at radius 3 is 2.33 bits per heavy atom. The topological polar surface area (TPSA) is 21.3 Å². The third kappa shape index (κ3) is 3.96. The average Bonchev–Trinajstić information content (AvgIpc) is 2.39. The van der Waals surface area contributed by atoms with E-state index in [0.29, 0.717) is 6.04 Å². The van der Waals surface area contributed by atoms with Gasteiger partial charge < -0.3 is 10.1 Å². The van der Waals surface area contributed by atoms with Crippen molar-refractivity contribution >= 4 is 0 Å². The van der Waals surface area contributed by atoms with Crippen LogP contribution in [0, 0.1) is 11.8 Å². The fourth-order valence-electron chi connectivity index (χ4n) is 3.30. The summed E-state index contributed by atoms with van der Waals surface area (Å²) in [6, 6.07) is 0.514. The third-order valence-electron chi connectivity index (χ3n) is 4.87. The quantitative estimate of drug-likeness (QED) is 0.742. The van der Waals surface area contributed by atoms with Gasteiger partial charge in [-0.1, -0.05) is 27.2 Å². The first-order valence-corrected chi connectivity index (χ1v) is 7.89. The third-order valence-corrected chi connectivity index (χ3v) is 4.87. The molecular weight excluding hydrogens is 222 g/mol. The van der Waals surface area contributed by atoms with Gasteiger partial charge >= 0.3 is 0 Å². The highest BCUT2D eigenvalue weighted by molar-refractivity contribution is 4.96. The minimum absolute atomic E-state index is 0.0967. The van der Waals surface area contributed by atoms with Crippen LogP contribution in [0.1, 0.15) is 66.2 Å². The smallest absolute Gasteiger partial charge is 0.0834 e. The van der Waals surface area contributed by atoms with Crippen LogP contribution in [0.2, 0.25) is 0 Å². The van der Waals surface area contributed by atoms with E-state index in [-0.39, 0.29) is 5.60 Å². The van der Waals surface area contributed by atoms with Crippen LogP contribution in [0.5, 0.6) is 0 Å². The molecule has 1 aliphatic rings. The summed E-state index contributed by atoms with van der Waals surface area (Å²) in [5.41, 5.74) is 0.0967.